The summed E-state index contributed by atoms with van der Waals surface area (Å²) in [6, 6.07) is 6.35. The lowest BCUT2D eigenvalue weighted by molar-refractivity contribution is -0.00624. The van der Waals surface area contributed by atoms with E-state index in [1.54, 1.807) is 14.2 Å². The number of methoxy groups -OCH3 is 2. The van der Waals surface area contributed by atoms with Gasteiger partial charge in [-0.25, -0.2) is 0 Å². The Morgan fingerprint density at radius 1 is 0.900 bits per heavy atom. The molecule has 0 saturated heterocycles. The van der Waals surface area contributed by atoms with Crippen LogP contribution in [0.5, 0.6) is 11.5 Å². The zero-order valence-corrected chi connectivity index (χ0v) is 12.5. The normalized spacial score (nSPS) is 38.0. The third kappa shape index (κ3) is 1.77. The molecule has 4 aliphatic rings. The van der Waals surface area contributed by atoms with Crippen molar-refractivity contribution >= 4 is 0 Å². The van der Waals surface area contributed by atoms with E-state index in [9.17, 15) is 0 Å². The fourth-order valence-corrected chi connectivity index (χ4v) is 5.67. The molecule has 5 rings (SSSR count). The molecule has 0 N–H and O–H groups in total. The number of ether oxygens (including phenoxy) is 2. The fourth-order valence-electron chi connectivity index (χ4n) is 5.67. The highest BCUT2D eigenvalue weighted by atomic mass is 16.5. The second-order valence-electron chi connectivity index (χ2n) is 7.26. The van der Waals surface area contributed by atoms with Crippen LogP contribution in [0.25, 0.3) is 0 Å². The largest absolute Gasteiger partial charge is 0.497 e. The van der Waals surface area contributed by atoms with Crippen molar-refractivity contribution < 1.29 is 9.47 Å². The average Bonchev–Trinajstić information content (AvgIpc) is 2.45. The molecule has 0 amide bonds. The van der Waals surface area contributed by atoms with Gasteiger partial charge in [-0.3, -0.25) is 0 Å². The van der Waals surface area contributed by atoms with Gasteiger partial charge in [0.25, 0.3) is 0 Å². The quantitative estimate of drug-likeness (QED) is 0.822. The molecule has 1 aromatic rings. The SMILES string of the molecule is COc1ccc(OC)c(C23CC4CC(CC(C4)C2)C3)c1. The molecule has 4 fully saturated rings. The van der Waals surface area contributed by atoms with Crippen molar-refractivity contribution in [2.45, 2.75) is 43.9 Å². The van der Waals surface area contributed by atoms with Gasteiger partial charge in [0.1, 0.15) is 11.5 Å². The molecule has 1 aromatic carbocycles. The van der Waals surface area contributed by atoms with Crippen LogP contribution in [0.15, 0.2) is 18.2 Å². The van der Waals surface area contributed by atoms with E-state index in [4.69, 9.17) is 9.47 Å². The van der Waals surface area contributed by atoms with Crippen molar-refractivity contribution in [1.82, 2.24) is 0 Å². The maximum atomic E-state index is 5.68. The second kappa shape index (κ2) is 4.41. The van der Waals surface area contributed by atoms with Gasteiger partial charge in [-0.15, -0.1) is 0 Å². The highest BCUT2D eigenvalue weighted by molar-refractivity contribution is 5.46. The van der Waals surface area contributed by atoms with Crippen molar-refractivity contribution in [2.24, 2.45) is 17.8 Å². The molecule has 108 valence electrons. The molecule has 0 spiro atoms. The van der Waals surface area contributed by atoms with Gasteiger partial charge in [-0.05, 0) is 79.9 Å². The Morgan fingerprint density at radius 2 is 1.50 bits per heavy atom. The van der Waals surface area contributed by atoms with E-state index in [1.165, 1.54) is 44.1 Å². The van der Waals surface area contributed by atoms with Crippen LogP contribution in [0.2, 0.25) is 0 Å². The van der Waals surface area contributed by atoms with Crippen molar-refractivity contribution in [3.63, 3.8) is 0 Å². The van der Waals surface area contributed by atoms with E-state index >= 15 is 0 Å². The number of rotatable bonds is 3. The van der Waals surface area contributed by atoms with Crippen LogP contribution < -0.4 is 9.47 Å². The van der Waals surface area contributed by atoms with Crippen LogP contribution in [-0.4, -0.2) is 14.2 Å². The summed E-state index contributed by atoms with van der Waals surface area (Å²) in [7, 11) is 3.55. The third-order valence-electron chi connectivity index (χ3n) is 6.02. The van der Waals surface area contributed by atoms with Gasteiger partial charge >= 0.3 is 0 Å². The zero-order valence-electron chi connectivity index (χ0n) is 12.5. The fraction of sp³-hybridized carbons (Fsp3) is 0.667. The molecule has 0 aliphatic heterocycles. The molecule has 4 bridgehead atoms. The Labute approximate surface area is 121 Å². The molecule has 0 radical (unpaired) electrons. The van der Waals surface area contributed by atoms with Gasteiger partial charge in [0, 0.05) is 5.56 Å². The van der Waals surface area contributed by atoms with Gasteiger partial charge in [-0.2, -0.15) is 0 Å². The second-order valence-corrected chi connectivity index (χ2v) is 7.26. The predicted octanol–water partition coefficient (Wildman–Crippen LogP) is 4.17. The average molecular weight is 272 g/mol. The molecule has 0 aromatic heterocycles. The van der Waals surface area contributed by atoms with Gasteiger partial charge in [0.15, 0.2) is 0 Å². The Morgan fingerprint density at radius 3 is 2.00 bits per heavy atom. The lowest BCUT2D eigenvalue weighted by Gasteiger charge is -2.57. The molecule has 4 aliphatic carbocycles. The topological polar surface area (TPSA) is 18.5 Å². The van der Waals surface area contributed by atoms with E-state index in [0.29, 0.717) is 5.41 Å². The van der Waals surface area contributed by atoms with E-state index in [-0.39, 0.29) is 0 Å². The number of hydrogen-bond donors (Lipinski definition) is 0. The van der Waals surface area contributed by atoms with Gasteiger partial charge < -0.3 is 9.47 Å². The summed E-state index contributed by atoms with van der Waals surface area (Å²) in [5, 5.41) is 0. The molecule has 0 atom stereocenters. The minimum atomic E-state index is 0.370. The summed E-state index contributed by atoms with van der Waals surface area (Å²) in [5.74, 6) is 4.90. The van der Waals surface area contributed by atoms with Gasteiger partial charge in [0.05, 0.1) is 14.2 Å². The van der Waals surface area contributed by atoms with Crippen molar-refractivity contribution in [3.8, 4) is 11.5 Å². The molecule has 2 heteroatoms. The first-order valence-electron chi connectivity index (χ1n) is 7.95. The standard InChI is InChI=1S/C18H24O2/c1-19-15-3-4-17(20-2)16(8-15)18-9-12-5-13(10-18)7-14(6-12)11-18/h3-4,8,12-14H,5-7,9-11H2,1-2H3. The van der Waals surface area contributed by atoms with Crippen LogP contribution in [0, 0.1) is 17.8 Å². The summed E-state index contributed by atoms with van der Waals surface area (Å²) < 4.78 is 11.1. The highest BCUT2D eigenvalue weighted by Gasteiger charge is 2.52. The molecule has 4 saturated carbocycles. The van der Waals surface area contributed by atoms with Crippen molar-refractivity contribution in [1.29, 1.82) is 0 Å². The smallest absolute Gasteiger partial charge is 0.122 e. The Bertz CT molecular complexity index is 485. The summed E-state index contributed by atoms with van der Waals surface area (Å²) in [4.78, 5) is 0. The lowest BCUT2D eigenvalue weighted by Crippen LogP contribution is -2.48. The third-order valence-corrected chi connectivity index (χ3v) is 6.02. The number of benzene rings is 1. The summed E-state index contributed by atoms with van der Waals surface area (Å²) in [6.45, 7) is 0. The molecule has 0 heterocycles. The first-order chi connectivity index (χ1) is 9.72. The Balaban J connectivity index is 1.79. The maximum Gasteiger partial charge on any atom is 0.122 e. The maximum absolute atomic E-state index is 5.68. The summed E-state index contributed by atoms with van der Waals surface area (Å²) in [5.41, 5.74) is 1.78. The van der Waals surface area contributed by atoms with Gasteiger partial charge in [0.2, 0.25) is 0 Å². The van der Waals surface area contributed by atoms with Gasteiger partial charge in [-0.1, -0.05) is 0 Å². The monoisotopic (exact) mass is 272 g/mol. The van der Waals surface area contributed by atoms with E-state index in [1.807, 2.05) is 6.07 Å². The summed E-state index contributed by atoms with van der Waals surface area (Å²) in [6.07, 6.45) is 8.52. The van der Waals surface area contributed by atoms with Crippen LogP contribution >= 0.6 is 0 Å². The zero-order chi connectivity index (χ0) is 13.7. The van der Waals surface area contributed by atoms with Crippen molar-refractivity contribution in [3.05, 3.63) is 23.8 Å². The molecular formula is C18H24O2. The Hall–Kier alpha value is -1.18. The number of hydrogen-bond acceptors (Lipinski definition) is 2. The highest BCUT2D eigenvalue weighted by Crippen LogP contribution is 2.62. The Kier molecular flexibility index (Phi) is 2.77. The molecule has 0 unspecified atom stereocenters. The lowest BCUT2D eigenvalue weighted by atomic mass is 9.48. The van der Waals surface area contributed by atoms with E-state index in [2.05, 4.69) is 12.1 Å². The summed E-state index contributed by atoms with van der Waals surface area (Å²) >= 11 is 0. The predicted molar refractivity (Wildman–Crippen MR) is 79.4 cm³/mol. The molecular weight excluding hydrogens is 248 g/mol. The van der Waals surface area contributed by atoms with Crippen molar-refractivity contribution in [2.75, 3.05) is 14.2 Å². The minimum absolute atomic E-state index is 0.370. The minimum Gasteiger partial charge on any atom is -0.497 e. The van der Waals surface area contributed by atoms with Crippen LogP contribution in [0.3, 0.4) is 0 Å². The molecule has 20 heavy (non-hydrogen) atoms. The van der Waals surface area contributed by atoms with E-state index in [0.717, 1.165) is 29.3 Å². The van der Waals surface area contributed by atoms with E-state index < -0.39 is 0 Å². The molecule has 2 nitrogen and oxygen atoms in total. The first-order valence-corrected chi connectivity index (χ1v) is 7.95. The first kappa shape index (κ1) is 12.6. The van der Waals surface area contributed by atoms with Crippen LogP contribution in [-0.2, 0) is 5.41 Å². The van der Waals surface area contributed by atoms with Crippen LogP contribution in [0.4, 0.5) is 0 Å². The van der Waals surface area contributed by atoms with Crippen LogP contribution in [0.1, 0.15) is 44.1 Å².